The predicted octanol–water partition coefficient (Wildman–Crippen LogP) is 2.89. The summed E-state index contributed by atoms with van der Waals surface area (Å²) in [6.07, 6.45) is 7.98. The van der Waals surface area contributed by atoms with Gasteiger partial charge in [-0.15, -0.1) is 11.3 Å². The summed E-state index contributed by atoms with van der Waals surface area (Å²) in [5.41, 5.74) is 1.90. The van der Waals surface area contributed by atoms with Crippen molar-refractivity contribution in [1.82, 2.24) is 34.4 Å². The van der Waals surface area contributed by atoms with E-state index in [0.29, 0.717) is 25.5 Å². The molecule has 0 aliphatic carbocycles. The minimum absolute atomic E-state index is 0.0906. The van der Waals surface area contributed by atoms with Crippen LogP contribution in [-0.4, -0.2) is 53.4 Å². The van der Waals surface area contributed by atoms with E-state index in [1.807, 2.05) is 42.5 Å². The number of nitrogens with one attached hydrogen (secondary N) is 1. The number of hydrogen-bond acceptors (Lipinski definition) is 8. The van der Waals surface area contributed by atoms with Gasteiger partial charge in [0, 0.05) is 49.9 Å². The van der Waals surface area contributed by atoms with E-state index in [0.717, 1.165) is 27.2 Å². The zero-order valence-electron chi connectivity index (χ0n) is 17.7. The summed E-state index contributed by atoms with van der Waals surface area (Å²) in [6, 6.07) is 4.26. The monoisotopic (exact) mass is 447 g/mol. The lowest BCUT2D eigenvalue weighted by Crippen LogP contribution is -2.64. The summed E-state index contributed by atoms with van der Waals surface area (Å²) in [5, 5.41) is 24.3. The van der Waals surface area contributed by atoms with Crippen molar-refractivity contribution >= 4 is 39.1 Å². The topological polar surface area (TPSA) is 118 Å². The third-order valence-corrected chi connectivity index (χ3v) is 6.47. The van der Waals surface area contributed by atoms with Gasteiger partial charge in [0.15, 0.2) is 0 Å². The normalized spacial score (nSPS) is 14.8. The fourth-order valence-electron chi connectivity index (χ4n) is 4.00. The maximum atomic E-state index is 12.0. The third-order valence-electron chi connectivity index (χ3n) is 5.66. The number of hydrogen-bond donors (Lipinski definition) is 1. The molecule has 1 N–H and O–H groups in total. The molecule has 0 unspecified atom stereocenters. The lowest BCUT2D eigenvalue weighted by atomic mass is 9.86. The first-order valence-electron chi connectivity index (χ1n) is 10.2. The number of anilines is 2. The average Bonchev–Trinajstić information content (AvgIpc) is 3.50. The van der Waals surface area contributed by atoms with Gasteiger partial charge in [-0.25, -0.2) is 9.97 Å². The van der Waals surface area contributed by atoms with Gasteiger partial charge < -0.3 is 10.2 Å². The highest BCUT2D eigenvalue weighted by Crippen LogP contribution is 2.36. The van der Waals surface area contributed by atoms with Crippen molar-refractivity contribution in [1.29, 1.82) is 5.26 Å². The molecule has 32 heavy (non-hydrogen) atoms. The number of carbonyl (C=O) groups excluding carboxylic acids is 1. The Kier molecular flexibility index (Phi) is 4.86. The van der Waals surface area contributed by atoms with Gasteiger partial charge in [0.05, 0.1) is 36.3 Å². The second kappa shape index (κ2) is 7.72. The van der Waals surface area contributed by atoms with E-state index in [-0.39, 0.29) is 12.3 Å². The molecule has 4 aromatic rings. The van der Waals surface area contributed by atoms with Crippen LogP contribution < -0.4 is 5.32 Å². The van der Waals surface area contributed by atoms with Crippen LogP contribution in [0.5, 0.6) is 0 Å². The van der Waals surface area contributed by atoms with E-state index < -0.39 is 5.54 Å². The Morgan fingerprint density at radius 3 is 2.84 bits per heavy atom. The summed E-state index contributed by atoms with van der Waals surface area (Å²) < 4.78 is 3.52. The Balaban J connectivity index is 1.49. The summed E-state index contributed by atoms with van der Waals surface area (Å²) in [5.74, 6) is 0.568. The van der Waals surface area contributed by atoms with Crippen molar-refractivity contribution in [3.63, 3.8) is 0 Å². The molecule has 1 fully saturated rings. The molecule has 162 valence electrons. The van der Waals surface area contributed by atoms with Crippen LogP contribution in [0.25, 0.3) is 21.5 Å². The van der Waals surface area contributed by atoms with Crippen LogP contribution in [0.15, 0.2) is 36.2 Å². The van der Waals surface area contributed by atoms with Crippen molar-refractivity contribution in [2.45, 2.75) is 25.3 Å². The van der Waals surface area contributed by atoms with Crippen LogP contribution in [0.2, 0.25) is 0 Å². The van der Waals surface area contributed by atoms with Gasteiger partial charge in [-0.05, 0) is 11.4 Å². The molecule has 0 bridgehead atoms. The van der Waals surface area contributed by atoms with Gasteiger partial charge in [0.2, 0.25) is 11.9 Å². The number of aryl methyl sites for hydroxylation is 1. The largest absolute Gasteiger partial charge is 0.338 e. The number of rotatable bonds is 6. The van der Waals surface area contributed by atoms with Gasteiger partial charge in [0.1, 0.15) is 10.4 Å². The molecular weight excluding hydrogens is 426 g/mol. The number of nitriles is 1. The average molecular weight is 448 g/mol. The number of nitrogens with zero attached hydrogens (tertiary/aromatic N) is 8. The van der Waals surface area contributed by atoms with Gasteiger partial charge in [-0.1, -0.05) is 6.92 Å². The number of fused-ring (bicyclic) bond motifs is 1. The van der Waals surface area contributed by atoms with E-state index in [4.69, 9.17) is 4.98 Å². The van der Waals surface area contributed by atoms with Gasteiger partial charge >= 0.3 is 0 Å². The number of carbonyl (C=O) groups is 1. The summed E-state index contributed by atoms with van der Waals surface area (Å²) in [7, 11) is 1.85. The molecule has 0 atom stereocenters. The molecule has 0 radical (unpaired) electrons. The van der Waals surface area contributed by atoms with Crippen LogP contribution in [-0.2, 0) is 17.4 Å². The summed E-state index contributed by atoms with van der Waals surface area (Å²) in [6.45, 7) is 2.82. The molecule has 0 aromatic carbocycles. The Labute approximate surface area is 188 Å². The minimum atomic E-state index is -0.505. The van der Waals surface area contributed by atoms with Crippen molar-refractivity contribution in [3.8, 4) is 17.3 Å². The predicted molar refractivity (Wildman–Crippen MR) is 120 cm³/mol. The first-order chi connectivity index (χ1) is 15.5. The van der Waals surface area contributed by atoms with E-state index in [9.17, 15) is 10.1 Å². The fraction of sp³-hybridized carbons (Fsp3) is 0.333. The quantitative estimate of drug-likeness (QED) is 0.483. The van der Waals surface area contributed by atoms with E-state index >= 15 is 0 Å². The highest BCUT2D eigenvalue weighted by Gasteiger charge is 2.47. The Morgan fingerprint density at radius 1 is 1.28 bits per heavy atom. The van der Waals surface area contributed by atoms with E-state index in [1.54, 1.807) is 33.3 Å². The highest BCUT2D eigenvalue weighted by atomic mass is 32.1. The van der Waals surface area contributed by atoms with Gasteiger partial charge in [0.25, 0.3) is 0 Å². The lowest BCUT2D eigenvalue weighted by molar-refractivity contribution is -0.142. The second-order valence-corrected chi connectivity index (χ2v) is 8.79. The molecule has 5 heterocycles. The zero-order valence-corrected chi connectivity index (χ0v) is 18.5. The molecule has 0 spiro atoms. The Bertz CT molecular complexity index is 1340. The van der Waals surface area contributed by atoms with Gasteiger partial charge in [-0.2, -0.15) is 15.5 Å². The number of likely N-dealkylation sites (tertiary alicyclic amines) is 1. The minimum Gasteiger partial charge on any atom is -0.338 e. The summed E-state index contributed by atoms with van der Waals surface area (Å²) >= 11 is 1.54. The summed E-state index contributed by atoms with van der Waals surface area (Å²) in [4.78, 5) is 24.0. The Morgan fingerprint density at radius 2 is 2.12 bits per heavy atom. The van der Waals surface area contributed by atoms with Crippen LogP contribution in [0.4, 0.5) is 11.6 Å². The van der Waals surface area contributed by atoms with Crippen LogP contribution in [0.1, 0.15) is 19.8 Å². The first-order valence-corrected chi connectivity index (χ1v) is 11.1. The molecule has 1 amide bonds. The standard InChI is InChI=1S/C21H21N9OS/c1-3-17(31)29-12-21(13-29,5-6-22)30-10-14(8-24-30)18-16-4-7-32-19(16)27-20(26-18)25-15-9-23-28(2)11-15/h4,7-11H,3,5,12-13H2,1-2H3,(H,25,26,27). The number of amides is 1. The smallest absolute Gasteiger partial charge is 0.229 e. The highest BCUT2D eigenvalue weighted by molar-refractivity contribution is 7.16. The molecule has 11 heteroatoms. The lowest BCUT2D eigenvalue weighted by Gasteiger charge is -2.49. The van der Waals surface area contributed by atoms with E-state index in [1.165, 1.54) is 0 Å². The molecule has 1 aliphatic heterocycles. The zero-order chi connectivity index (χ0) is 22.3. The maximum Gasteiger partial charge on any atom is 0.229 e. The van der Waals surface area contributed by atoms with Gasteiger partial charge in [-0.3, -0.25) is 14.2 Å². The Hall–Kier alpha value is -3.78. The number of thiophene rings is 1. The first kappa shape index (κ1) is 20.1. The van der Waals surface area contributed by atoms with Crippen molar-refractivity contribution in [2.75, 3.05) is 18.4 Å². The van der Waals surface area contributed by atoms with Crippen molar-refractivity contribution in [2.24, 2.45) is 7.05 Å². The van der Waals surface area contributed by atoms with Crippen molar-refractivity contribution < 1.29 is 4.79 Å². The second-order valence-electron chi connectivity index (χ2n) is 7.90. The third kappa shape index (κ3) is 3.38. The molecule has 1 saturated heterocycles. The van der Waals surface area contributed by atoms with Crippen LogP contribution in [0, 0.1) is 11.3 Å². The fourth-order valence-corrected chi connectivity index (χ4v) is 4.76. The molecule has 0 saturated carbocycles. The molecule has 10 nitrogen and oxygen atoms in total. The van der Waals surface area contributed by atoms with Crippen LogP contribution in [0.3, 0.4) is 0 Å². The van der Waals surface area contributed by atoms with Crippen LogP contribution >= 0.6 is 11.3 Å². The molecule has 4 aromatic heterocycles. The SMILES string of the molecule is CCC(=O)N1CC(CC#N)(n2cc(-c3nc(Nc4cnn(C)c4)nc4sccc34)cn2)C1. The van der Waals surface area contributed by atoms with E-state index in [2.05, 4.69) is 26.6 Å². The number of aromatic nitrogens is 6. The molecule has 5 rings (SSSR count). The van der Waals surface area contributed by atoms with Crippen molar-refractivity contribution in [3.05, 3.63) is 36.2 Å². The molecular formula is C21H21N9OS. The maximum absolute atomic E-state index is 12.0. The molecule has 1 aliphatic rings.